The number of carboxylic acids is 1. The van der Waals surface area contributed by atoms with Crippen LogP contribution < -0.4 is 0 Å². The number of ether oxygens (including phenoxy) is 1. The third kappa shape index (κ3) is 4.50. The highest BCUT2D eigenvalue weighted by Gasteiger charge is 2.44. The highest BCUT2D eigenvalue weighted by molar-refractivity contribution is 7.92. The molecule has 26 heavy (non-hydrogen) atoms. The molecule has 7 nitrogen and oxygen atoms in total. The van der Waals surface area contributed by atoms with Crippen molar-refractivity contribution in [3.8, 4) is 0 Å². The van der Waals surface area contributed by atoms with Crippen molar-refractivity contribution in [2.75, 3.05) is 26.3 Å². The number of carbonyl (C=O) groups is 2. The lowest BCUT2D eigenvalue weighted by Gasteiger charge is -2.34. The van der Waals surface area contributed by atoms with Crippen LogP contribution in [0.25, 0.3) is 6.08 Å². The molecule has 1 aliphatic heterocycles. The molecule has 2 rings (SSSR count). The SMILES string of the molecule is CC(C)(C(=O)N1CCOCC1)S(=O)(=O)Cc1ccccc1/C=C/C(=O)O. The lowest BCUT2D eigenvalue weighted by molar-refractivity contribution is -0.137. The Balaban J connectivity index is 2.27. The molecule has 1 saturated heterocycles. The summed E-state index contributed by atoms with van der Waals surface area (Å²) >= 11 is 0. The van der Waals surface area contributed by atoms with Crippen LogP contribution in [0.3, 0.4) is 0 Å². The van der Waals surface area contributed by atoms with Crippen LogP contribution in [0.15, 0.2) is 30.3 Å². The molecule has 0 spiro atoms. The fourth-order valence-corrected chi connectivity index (χ4v) is 4.08. The van der Waals surface area contributed by atoms with Crippen LogP contribution in [0, 0.1) is 0 Å². The molecule has 0 bridgehead atoms. The number of benzene rings is 1. The minimum Gasteiger partial charge on any atom is -0.478 e. The number of hydrogen-bond acceptors (Lipinski definition) is 5. The van der Waals surface area contributed by atoms with Crippen LogP contribution in [0.5, 0.6) is 0 Å². The second-order valence-electron chi connectivity index (χ2n) is 6.54. The highest BCUT2D eigenvalue weighted by Crippen LogP contribution is 2.26. The number of rotatable bonds is 6. The van der Waals surface area contributed by atoms with Crippen molar-refractivity contribution in [2.45, 2.75) is 24.3 Å². The van der Waals surface area contributed by atoms with Gasteiger partial charge in [0.05, 0.1) is 19.0 Å². The van der Waals surface area contributed by atoms with Crippen molar-refractivity contribution < 1.29 is 27.9 Å². The van der Waals surface area contributed by atoms with Crippen LogP contribution in [0.1, 0.15) is 25.0 Å². The zero-order chi connectivity index (χ0) is 19.4. The summed E-state index contributed by atoms with van der Waals surface area (Å²) in [5, 5.41) is 8.78. The molecule has 1 fully saturated rings. The van der Waals surface area contributed by atoms with E-state index in [0.29, 0.717) is 37.4 Å². The summed E-state index contributed by atoms with van der Waals surface area (Å²) in [6.45, 7) is 4.35. The van der Waals surface area contributed by atoms with Gasteiger partial charge in [0, 0.05) is 19.2 Å². The molecule has 1 aliphatic rings. The van der Waals surface area contributed by atoms with Gasteiger partial charge in [0.15, 0.2) is 9.84 Å². The van der Waals surface area contributed by atoms with Gasteiger partial charge in [-0.2, -0.15) is 0 Å². The molecule has 8 heteroatoms. The average Bonchev–Trinajstić information content (AvgIpc) is 2.60. The first kappa shape index (κ1) is 20.1. The van der Waals surface area contributed by atoms with Crippen molar-refractivity contribution in [2.24, 2.45) is 0 Å². The van der Waals surface area contributed by atoms with Crippen LogP contribution >= 0.6 is 0 Å². The van der Waals surface area contributed by atoms with E-state index in [0.717, 1.165) is 6.08 Å². The molecule has 1 aromatic rings. The number of aliphatic carboxylic acids is 1. The minimum absolute atomic E-state index is 0.351. The van der Waals surface area contributed by atoms with Gasteiger partial charge in [0.25, 0.3) is 0 Å². The van der Waals surface area contributed by atoms with Crippen LogP contribution in [0.4, 0.5) is 0 Å². The third-order valence-corrected chi connectivity index (χ3v) is 6.82. The van der Waals surface area contributed by atoms with E-state index in [1.54, 1.807) is 24.3 Å². The number of nitrogens with zero attached hydrogens (tertiary/aromatic N) is 1. The quantitative estimate of drug-likeness (QED) is 0.746. The fourth-order valence-electron chi connectivity index (χ4n) is 2.65. The van der Waals surface area contributed by atoms with Crippen molar-refractivity contribution in [3.05, 3.63) is 41.5 Å². The summed E-state index contributed by atoms with van der Waals surface area (Å²) < 4.78 is 29.6. The molecule has 0 aromatic heterocycles. The first-order chi connectivity index (χ1) is 12.1. The van der Waals surface area contributed by atoms with Crippen molar-refractivity contribution in [1.82, 2.24) is 4.90 Å². The maximum Gasteiger partial charge on any atom is 0.328 e. The third-order valence-electron chi connectivity index (χ3n) is 4.40. The largest absolute Gasteiger partial charge is 0.478 e. The van der Waals surface area contributed by atoms with E-state index in [-0.39, 0.29) is 5.75 Å². The van der Waals surface area contributed by atoms with Gasteiger partial charge in [-0.1, -0.05) is 24.3 Å². The predicted molar refractivity (Wildman–Crippen MR) is 97.2 cm³/mol. The number of carbonyl (C=O) groups excluding carboxylic acids is 1. The predicted octanol–water partition coefficient (Wildman–Crippen LogP) is 1.34. The van der Waals surface area contributed by atoms with Gasteiger partial charge in [0.2, 0.25) is 5.91 Å². The second kappa shape index (κ2) is 8.01. The Hall–Kier alpha value is -2.19. The number of amides is 1. The monoisotopic (exact) mass is 381 g/mol. The molecule has 1 heterocycles. The molecule has 0 saturated carbocycles. The van der Waals surface area contributed by atoms with E-state index in [2.05, 4.69) is 0 Å². The first-order valence-corrected chi connectivity index (χ1v) is 9.89. The molecular formula is C18H23NO6S. The second-order valence-corrected chi connectivity index (χ2v) is 9.08. The Bertz CT molecular complexity index is 807. The van der Waals surface area contributed by atoms with Crippen molar-refractivity contribution in [1.29, 1.82) is 0 Å². The zero-order valence-electron chi connectivity index (χ0n) is 14.8. The van der Waals surface area contributed by atoms with Gasteiger partial charge in [-0.15, -0.1) is 0 Å². The summed E-state index contributed by atoms with van der Waals surface area (Å²) in [7, 11) is -3.84. The number of morpholine rings is 1. The molecule has 1 N–H and O–H groups in total. The Kier molecular flexibility index (Phi) is 6.20. The molecule has 0 atom stereocenters. The standard InChI is InChI=1S/C18H23NO6S/c1-18(2,17(22)19-9-11-25-12-10-19)26(23,24)13-15-6-4-3-5-14(15)7-8-16(20)21/h3-8H,9-13H2,1-2H3,(H,20,21)/b8-7+. The van der Waals surface area contributed by atoms with Gasteiger partial charge >= 0.3 is 5.97 Å². The number of carboxylic acid groups (broad SMARTS) is 1. The molecule has 0 aliphatic carbocycles. The van der Waals surface area contributed by atoms with E-state index >= 15 is 0 Å². The minimum atomic E-state index is -3.84. The van der Waals surface area contributed by atoms with Gasteiger partial charge in [-0.05, 0) is 31.1 Å². The summed E-state index contributed by atoms with van der Waals surface area (Å²) in [4.78, 5) is 25.0. The van der Waals surface area contributed by atoms with Crippen LogP contribution in [-0.4, -0.2) is 61.4 Å². The summed E-state index contributed by atoms with van der Waals surface area (Å²) in [5.74, 6) is -1.92. The van der Waals surface area contributed by atoms with Crippen LogP contribution in [-0.2, 0) is 29.9 Å². The molecular weight excluding hydrogens is 358 g/mol. The molecule has 0 unspecified atom stereocenters. The summed E-state index contributed by atoms with van der Waals surface area (Å²) in [6, 6.07) is 6.64. The molecule has 0 radical (unpaired) electrons. The Morgan fingerprint density at radius 2 is 1.85 bits per heavy atom. The maximum atomic E-state index is 13.0. The Morgan fingerprint density at radius 3 is 2.46 bits per heavy atom. The smallest absolute Gasteiger partial charge is 0.328 e. The van der Waals surface area contributed by atoms with E-state index in [9.17, 15) is 18.0 Å². The Labute approximate surface area is 153 Å². The molecule has 1 amide bonds. The van der Waals surface area contributed by atoms with Crippen LogP contribution in [0.2, 0.25) is 0 Å². The molecule has 142 valence electrons. The topological polar surface area (TPSA) is 101 Å². The van der Waals surface area contributed by atoms with Gasteiger partial charge in [-0.3, -0.25) is 4.79 Å². The average molecular weight is 381 g/mol. The maximum absolute atomic E-state index is 13.0. The van der Waals surface area contributed by atoms with E-state index < -0.39 is 26.5 Å². The lowest BCUT2D eigenvalue weighted by atomic mass is 10.1. The zero-order valence-corrected chi connectivity index (χ0v) is 15.7. The van der Waals surface area contributed by atoms with Gasteiger partial charge in [0.1, 0.15) is 4.75 Å². The Morgan fingerprint density at radius 1 is 1.23 bits per heavy atom. The summed E-state index contributed by atoms with van der Waals surface area (Å²) in [5.41, 5.74) is 0.945. The van der Waals surface area contributed by atoms with Crippen molar-refractivity contribution in [3.63, 3.8) is 0 Å². The number of hydrogen-bond donors (Lipinski definition) is 1. The normalized spacial score (nSPS) is 16.0. The summed E-state index contributed by atoms with van der Waals surface area (Å²) in [6.07, 6.45) is 2.31. The van der Waals surface area contributed by atoms with Gasteiger partial charge in [-0.25, -0.2) is 13.2 Å². The first-order valence-electron chi connectivity index (χ1n) is 8.23. The lowest BCUT2D eigenvalue weighted by Crippen LogP contribution is -2.53. The highest BCUT2D eigenvalue weighted by atomic mass is 32.2. The fraction of sp³-hybridized carbons (Fsp3) is 0.444. The van der Waals surface area contributed by atoms with E-state index in [1.165, 1.54) is 24.8 Å². The number of sulfone groups is 1. The van der Waals surface area contributed by atoms with Crippen molar-refractivity contribution >= 4 is 27.8 Å². The van der Waals surface area contributed by atoms with E-state index in [4.69, 9.17) is 9.84 Å². The van der Waals surface area contributed by atoms with Gasteiger partial charge < -0.3 is 14.7 Å². The molecule has 1 aromatic carbocycles. The van der Waals surface area contributed by atoms with E-state index in [1.807, 2.05) is 0 Å².